The second kappa shape index (κ2) is 5.46. The number of carbonyl (C=O) groups excluding carboxylic acids is 1. The number of hydrogen-bond acceptors (Lipinski definition) is 4. The zero-order valence-electron chi connectivity index (χ0n) is 11.3. The van der Waals surface area contributed by atoms with Gasteiger partial charge in [0.1, 0.15) is 12.4 Å². The number of aromatic nitrogens is 1. The maximum atomic E-state index is 12.1. The van der Waals surface area contributed by atoms with E-state index in [2.05, 4.69) is 10.3 Å². The van der Waals surface area contributed by atoms with E-state index < -0.39 is 0 Å². The summed E-state index contributed by atoms with van der Waals surface area (Å²) in [6.45, 7) is 2.60. The van der Waals surface area contributed by atoms with E-state index in [1.165, 1.54) is 6.26 Å². The third-order valence-corrected chi connectivity index (χ3v) is 3.48. The zero-order valence-corrected chi connectivity index (χ0v) is 11.3. The van der Waals surface area contributed by atoms with E-state index >= 15 is 0 Å². The summed E-state index contributed by atoms with van der Waals surface area (Å²) in [6.07, 6.45) is 4.52. The standard InChI is InChI=1S/C15H16N2O3/c1-10-11(15-16-7-9-20-15)4-2-5-12(10)17-14(18)13-6-3-8-19-13/h2,4-5,7,9,13H,3,6,8H2,1H3,(H,17,18)/t13-/m1/s1. The van der Waals surface area contributed by atoms with E-state index in [9.17, 15) is 4.79 Å². The van der Waals surface area contributed by atoms with Gasteiger partial charge in [-0.2, -0.15) is 0 Å². The molecule has 104 valence electrons. The highest BCUT2D eigenvalue weighted by Crippen LogP contribution is 2.27. The highest BCUT2D eigenvalue weighted by Gasteiger charge is 2.24. The number of oxazole rings is 1. The van der Waals surface area contributed by atoms with Gasteiger partial charge < -0.3 is 14.5 Å². The van der Waals surface area contributed by atoms with Crippen molar-refractivity contribution in [3.8, 4) is 11.5 Å². The molecular formula is C15H16N2O3. The fourth-order valence-corrected chi connectivity index (χ4v) is 2.36. The summed E-state index contributed by atoms with van der Waals surface area (Å²) >= 11 is 0. The van der Waals surface area contributed by atoms with Crippen LogP contribution in [0.1, 0.15) is 18.4 Å². The van der Waals surface area contributed by atoms with Crippen molar-refractivity contribution < 1.29 is 13.9 Å². The van der Waals surface area contributed by atoms with Gasteiger partial charge in [0.25, 0.3) is 5.91 Å². The van der Waals surface area contributed by atoms with E-state index in [0.717, 1.165) is 29.7 Å². The molecule has 5 nitrogen and oxygen atoms in total. The average molecular weight is 272 g/mol. The molecule has 1 saturated heterocycles. The van der Waals surface area contributed by atoms with Crippen LogP contribution in [0.4, 0.5) is 5.69 Å². The molecule has 1 amide bonds. The van der Waals surface area contributed by atoms with E-state index in [0.29, 0.717) is 12.5 Å². The largest absolute Gasteiger partial charge is 0.445 e. The molecule has 0 spiro atoms. The van der Waals surface area contributed by atoms with Crippen molar-refractivity contribution in [2.45, 2.75) is 25.9 Å². The first-order chi connectivity index (χ1) is 9.75. The van der Waals surface area contributed by atoms with Gasteiger partial charge in [-0.05, 0) is 37.5 Å². The lowest BCUT2D eigenvalue weighted by Crippen LogP contribution is -2.27. The molecule has 2 heterocycles. The minimum Gasteiger partial charge on any atom is -0.445 e. The van der Waals surface area contributed by atoms with Crippen LogP contribution in [0.15, 0.2) is 35.1 Å². The van der Waals surface area contributed by atoms with Crippen molar-refractivity contribution in [3.05, 3.63) is 36.2 Å². The Balaban J connectivity index is 1.83. The molecule has 3 rings (SSSR count). The van der Waals surface area contributed by atoms with Gasteiger partial charge >= 0.3 is 0 Å². The monoisotopic (exact) mass is 272 g/mol. The fraction of sp³-hybridized carbons (Fsp3) is 0.333. The number of hydrogen-bond donors (Lipinski definition) is 1. The summed E-state index contributed by atoms with van der Waals surface area (Å²) in [5, 5.41) is 2.92. The van der Waals surface area contributed by atoms with Gasteiger partial charge in [0.15, 0.2) is 0 Å². The van der Waals surface area contributed by atoms with Crippen molar-refractivity contribution in [3.63, 3.8) is 0 Å². The lowest BCUT2D eigenvalue weighted by Gasteiger charge is -2.13. The Labute approximate surface area is 117 Å². The predicted molar refractivity (Wildman–Crippen MR) is 74.3 cm³/mol. The Bertz CT molecular complexity index is 602. The number of benzene rings is 1. The molecule has 1 aliphatic heterocycles. The number of nitrogens with one attached hydrogen (secondary N) is 1. The molecule has 0 bridgehead atoms. The highest BCUT2D eigenvalue weighted by atomic mass is 16.5. The molecular weight excluding hydrogens is 256 g/mol. The first kappa shape index (κ1) is 12.9. The Morgan fingerprint density at radius 1 is 1.45 bits per heavy atom. The number of ether oxygens (including phenoxy) is 1. The average Bonchev–Trinajstić information content (AvgIpc) is 3.14. The van der Waals surface area contributed by atoms with Gasteiger partial charge in [0.2, 0.25) is 5.89 Å². The van der Waals surface area contributed by atoms with Gasteiger partial charge in [-0.15, -0.1) is 0 Å². The summed E-state index contributed by atoms with van der Waals surface area (Å²) in [5.41, 5.74) is 2.57. The molecule has 1 aromatic heterocycles. The van der Waals surface area contributed by atoms with E-state index in [1.807, 2.05) is 25.1 Å². The van der Waals surface area contributed by atoms with Crippen molar-refractivity contribution in [2.75, 3.05) is 11.9 Å². The molecule has 1 fully saturated rings. The van der Waals surface area contributed by atoms with Crippen LogP contribution in [0.3, 0.4) is 0 Å². The molecule has 2 aromatic rings. The summed E-state index contributed by atoms with van der Waals surface area (Å²) < 4.78 is 10.7. The number of carbonyl (C=O) groups is 1. The first-order valence-corrected chi connectivity index (χ1v) is 6.67. The molecule has 0 saturated carbocycles. The maximum Gasteiger partial charge on any atom is 0.253 e. The van der Waals surface area contributed by atoms with Crippen LogP contribution in [-0.2, 0) is 9.53 Å². The predicted octanol–water partition coefficient (Wildman–Crippen LogP) is 2.77. The van der Waals surface area contributed by atoms with Crippen LogP contribution in [0, 0.1) is 6.92 Å². The summed E-state index contributed by atoms with van der Waals surface area (Å²) in [6, 6.07) is 5.66. The van der Waals surface area contributed by atoms with Crippen LogP contribution >= 0.6 is 0 Å². The van der Waals surface area contributed by atoms with E-state index in [-0.39, 0.29) is 12.0 Å². The molecule has 0 unspecified atom stereocenters. The summed E-state index contributed by atoms with van der Waals surface area (Å²) in [4.78, 5) is 16.2. The molecule has 0 aliphatic carbocycles. The van der Waals surface area contributed by atoms with Crippen LogP contribution in [0.5, 0.6) is 0 Å². The van der Waals surface area contributed by atoms with E-state index in [4.69, 9.17) is 9.15 Å². The number of nitrogens with zero attached hydrogens (tertiary/aromatic N) is 1. The lowest BCUT2D eigenvalue weighted by molar-refractivity contribution is -0.124. The van der Waals surface area contributed by atoms with Crippen molar-refractivity contribution in [2.24, 2.45) is 0 Å². The lowest BCUT2D eigenvalue weighted by atomic mass is 10.1. The summed E-state index contributed by atoms with van der Waals surface area (Å²) in [7, 11) is 0. The van der Waals surface area contributed by atoms with Gasteiger partial charge in [-0.3, -0.25) is 4.79 Å². The Morgan fingerprint density at radius 3 is 3.05 bits per heavy atom. The Kier molecular flexibility index (Phi) is 3.52. The number of amides is 1. The first-order valence-electron chi connectivity index (χ1n) is 6.67. The third-order valence-electron chi connectivity index (χ3n) is 3.48. The second-order valence-corrected chi connectivity index (χ2v) is 4.81. The van der Waals surface area contributed by atoms with Crippen molar-refractivity contribution in [1.82, 2.24) is 4.98 Å². The van der Waals surface area contributed by atoms with Crippen LogP contribution in [0.25, 0.3) is 11.5 Å². The van der Waals surface area contributed by atoms with Crippen molar-refractivity contribution in [1.29, 1.82) is 0 Å². The van der Waals surface area contributed by atoms with Gasteiger partial charge in [-0.1, -0.05) is 6.07 Å². The number of rotatable bonds is 3. The topological polar surface area (TPSA) is 64.4 Å². The van der Waals surface area contributed by atoms with Gasteiger partial charge in [0, 0.05) is 17.9 Å². The normalized spacial score (nSPS) is 18.1. The highest BCUT2D eigenvalue weighted by molar-refractivity contribution is 5.95. The minimum atomic E-state index is -0.334. The van der Waals surface area contributed by atoms with Crippen LogP contribution < -0.4 is 5.32 Å². The Morgan fingerprint density at radius 2 is 2.35 bits per heavy atom. The van der Waals surface area contributed by atoms with E-state index in [1.54, 1.807) is 6.20 Å². The summed E-state index contributed by atoms with van der Waals surface area (Å²) in [5.74, 6) is 0.464. The van der Waals surface area contributed by atoms with Gasteiger partial charge in [0.05, 0.1) is 6.20 Å². The molecule has 0 radical (unpaired) electrons. The second-order valence-electron chi connectivity index (χ2n) is 4.81. The molecule has 1 atom stereocenters. The van der Waals surface area contributed by atoms with Crippen LogP contribution in [0.2, 0.25) is 0 Å². The third kappa shape index (κ3) is 2.44. The molecule has 1 aliphatic rings. The molecule has 20 heavy (non-hydrogen) atoms. The molecule has 5 heteroatoms. The maximum absolute atomic E-state index is 12.1. The van der Waals surface area contributed by atoms with Crippen molar-refractivity contribution >= 4 is 11.6 Å². The SMILES string of the molecule is Cc1c(NC(=O)[C@H]2CCCO2)cccc1-c1ncco1. The quantitative estimate of drug-likeness (QED) is 0.933. The van der Waals surface area contributed by atoms with Crippen LogP contribution in [-0.4, -0.2) is 23.6 Å². The smallest absolute Gasteiger partial charge is 0.253 e. The Hall–Kier alpha value is -2.14. The molecule has 1 N–H and O–H groups in total. The fourth-order valence-electron chi connectivity index (χ4n) is 2.36. The van der Waals surface area contributed by atoms with Gasteiger partial charge in [-0.25, -0.2) is 4.98 Å². The minimum absolute atomic E-state index is 0.0878. The molecule has 1 aromatic carbocycles. The zero-order chi connectivity index (χ0) is 13.9. The number of anilines is 1.